The molecule has 7 nitrogen and oxygen atoms in total. The van der Waals surface area contributed by atoms with E-state index in [1.807, 2.05) is 19.1 Å². The lowest BCUT2D eigenvalue weighted by molar-refractivity contribution is -0.384. The van der Waals surface area contributed by atoms with Crippen molar-refractivity contribution in [1.82, 2.24) is 0 Å². The lowest BCUT2D eigenvalue weighted by Gasteiger charge is -2.13. The highest BCUT2D eigenvalue weighted by atomic mass is 16.6. The number of non-ortho nitro benzene ring substituents is 1. The van der Waals surface area contributed by atoms with E-state index in [1.165, 1.54) is 12.1 Å². The Bertz CT molecular complexity index is 790. The smallest absolute Gasteiger partial charge is 0.306 e. The maximum Gasteiger partial charge on any atom is 0.306 e. The minimum atomic E-state index is -0.437. The Kier molecular flexibility index (Phi) is 7.61. The third-order valence-electron chi connectivity index (χ3n) is 3.75. The van der Waals surface area contributed by atoms with Crippen molar-refractivity contribution in [2.24, 2.45) is 0 Å². The second-order valence-corrected chi connectivity index (χ2v) is 5.73. The van der Waals surface area contributed by atoms with E-state index in [-0.39, 0.29) is 18.3 Å². The molecule has 0 radical (unpaired) electrons. The molecular weight excluding hydrogens is 350 g/mol. The number of aryl methyl sites for hydroxylation is 1. The molecule has 0 spiro atoms. The molecule has 2 rings (SSSR count). The summed E-state index contributed by atoms with van der Waals surface area (Å²) < 4.78 is 16.4. The van der Waals surface area contributed by atoms with Gasteiger partial charge in [0.25, 0.3) is 5.69 Å². The molecule has 144 valence electrons. The SMILES string of the molecule is CCOC(=O)CCc1ccc(OCc2cccc([N+](=O)[O-])c2)c(OCC)c1. The molecule has 0 atom stereocenters. The molecule has 2 aromatic rings. The molecule has 0 aliphatic rings. The number of carbonyl (C=O) groups excluding carboxylic acids is 1. The number of nitrogens with zero attached hydrogens (tertiary/aromatic N) is 1. The zero-order chi connectivity index (χ0) is 19.6. The van der Waals surface area contributed by atoms with Gasteiger partial charge < -0.3 is 14.2 Å². The molecule has 2 aromatic carbocycles. The number of hydrogen-bond acceptors (Lipinski definition) is 6. The first kappa shape index (κ1) is 20.2. The van der Waals surface area contributed by atoms with E-state index in [0.29, 0.717) is 43.1 Å². The zero-order valence-corrected chi connectivity index (χ0v) is 15.5. The van der Waals surface area contributed by atoms with Crippen LogP contribution in [-0.2, 0) is 22.6 Å². The van der Waals surface area contributed by atoms with Crippen LogP contribution < -0.4 is 9.47 Å². The van der Waals surface area contributed by atoms with Crippen molar-refractivity contribution in [3.8, 4) is 11.5 Å². The topological polar surface area (TPSA) is 87.9 Å². The summed E-state index contributed by atoms with van der Waals surface area (Å²) in [7, 11) is 0. The lowest BCUT2D eigenvalue weighted by Crippen LogP contribution is -2.05. The number of rotatable bonds is 10. The van der Waals surface area contributed by atoms with Gasteiger partial charge in [0.05, 0.1) is 18.1 Å². The van der Waals surface area contributed by atoms with Gasteiger partial charge in [-0.3, -0.25) is 14.9 Å². The molecule has 0 heterocycles. The number of carbonyl (C=O) groups is 1. The number of nitro groups is 1. The average Bonchev–Trinajstić information content (AvgIpc) is 2.66. The van der Waals surface area contributed by atoms with Crippen molar-refractivity contribution < 1.29 is 23.9 Å². The summed E-state index contributed by atoms with van der Waals surface area (Å²) in [6, 6.07) is 11.8. The Balaban J connectivity index is 2.06. The summed E-state index contributed by atoms with van der Waals surface area (Å²) in [4.78, 5) is 21.9. The fourth-order valence-corrected chi connectivity index (χ4v) is 2.50. The van der Waals surface area contributed by atoms with E-state index < -0.39 is 4.92 Å². The van der Waals surface area contributed by atoms with Crippen molar-refractivity contribution in [3.63, 3.8) is 0 Å². The van der Waals surface area contributed by atoms with Crippen molar-refractivity contribution in [2.75, 3.05) is 13.2 Å². The fourth-order valence-electron chi connectivity index (χ4n) is 2.50. The second-order valence-electron chi connectivity index (χ2n) is 5.73. The third kappa shape index (κ3) is 6.29. The Morgan fingerprint density at radius 2 is 1.81 bits per heavy atom. The molecule has 0 aliphatic carbocycles. The van der Waals surface area contributed by atoms with Gasteiger partial charge in [-0.15, -0.1) is 0 Å². The van der Waals surface area contributed by atoms with Gasteiger partial charge in [0.15, 0.2) is 11.5 Å². The summed E-state index contributed by atoms with van der Waals surface area (Å²) in [5.74, 6) is 0.883. The Morgan fingerprint density at radius 3 is 2.52 bits per heavy atom. The second kappa shape index (κ2) is 10.2. The van der Waals surface area contributed by atoms with Crippen LogP contribution in [0.3, 0.4) is 0 Å². The molecule has 7 heteroatoms. The quantitative estimate of drug-likeness (QED) is 0.354. The van der Waals surface area contributed by atoms with Crippen LogP contribution in [0.4, 0.5) is 5.69 Å². The van der Waals surface area contributed by atoms with Gasteiger partial charge in [-0.25, -0.2) is 0 Å². The molecule has 27 heavy (non-hydrogen) atoms. The van der Waals surface area contributed by atoms with Gasteiger partial charge >= 0.3 is 5.97 Å². The first-order valence-electron chi connectivity index (χ1n) is 8.81. The summed E-state index contributed by atoms with van der Waals surface area (Å²) in [6.07, 6.45) is 0.845. The summed E-state index contributed by atoms with van der Waals surface area (Å²) in [5, 5.41) is 10.9. The first-order chi connectivity index (χ1) is 13.0. The van der Waals surface area contributed by atoms with Gasteiger partial charge in [-0.05, 0) is 43.5 Å². The van der Waals surface area contributed by atoms with Crippen LogP contribution in [-0.4, -0.2) is 24.1 Å². The van der Waals surface area contributed by atoms with Gasteiger partial charge in [0.1, 0.15) is 6.61 Å². The summed E-state index contributed by atoms with van der Waals surface area (Å²) in [5.41, 5.74) is 1.66. The van der Waals surface area contributed by atoms with Gasteiger partial charge in [-0.1, -0.05) is 18.2 Å². The van der Waals surface area contributed by atoms with E-state index in [1.54, 1.807) is 25.1 Å². The number of esters is 1. The molecule has 0 aromatic heterocycles. The molecule has 0 saturated heterocycles. The van der Waals surface area contributed by atoms with Crippen LogP contribution in [0.25, 0.3) is 0 Å². The number of hydrogen-bond donors (Lipinski definition) is 0. The van der Waals surface area contributed by atoms with Crippen molar-refractivity contribution in [3.05, 3.63) is 63.7 Å². The van der Waals surface area contributed by atoms with Gasteiger partial charge in [-0.2, -0.15) is 0 Å². The normalized spacial score (nSPS) is 10.3. The number of ether oxygens (including phenoxy) is 3. The Hall–Kier alpha value is -3.09. The fraction of sp³-hybridized carbons (Fsp3) is 0.350. The minimum Gasteiger partial charge on any atom is -0.490 e. The van der Waals surface area contributed by atoms with Crippen LogP contribution in [0, 0.1) is 10.1 Å². The average molecular weight is 373 g/mol. The highest BCUT2D eigenvalue weighted by Crippen LogP contribution is 2.30. The van der Waals surface area contributed by atoms with E-state index >= 15 is 0 Å². The first-order valence-corrected chi connectivity index (χ1v) is 8.81. The molecule has 0 N–H and O–H groups in total. The highest BCUT2D eigenvalue weighted by molar-refractivity contribution is 5.69. The van der Waals surface area contributed by atoms with Crippen LogP contribution in [0.5, 0.6) is 11.5 Å². The van der Waals surface area contributed by atoms with E-state index in [2.05, 4.69) is 0 Å². The van der Waals surface area contributed by atoms with Crippen molar-refractivity contribution in [2.45, 2.75) is 33.3 Å². The molecule has 0 amide bonds. The van der Waals surface area contributed by atoms with Crippen molar-refractivity contribution in [1.29, 1.82) is 0 Å². The van der Waals surface area contributed by atoms with E-state index in [4.69, 9.17) is 14.2 Å². The summed E-state index contributed by atoms with van der Waals surface area (Å²) in [6.45, 7) is 4.67. The van der Waals surface area contributed by atoms with Gasteiger partial charge in [0, 0.05) is 18.6 Å². The standard InChI is InChI=1S/C20H23NO6/c1-3-25-19-13-15(9-11-20(22)26-4-2)8-10-18(19)27-14-16-6-5-7-17(12-16)21(23)24/h5-8,10,12-13H,3-4,9,11,14H2,1-2H3. The minimum absolute atomic E-state index is 0.0236. The van der Waals surface area contributed by atoms with Crippen LogP contribution in [0.1, 0.15) is 31.4 Å². The lowest BCUT2D eigenvalue weighted by atomic mass is 10.1. The maximum atomic E-state index is 11.5. The van der Waals surface area contributed by atoms with Gasteiger partial charge in [0.2, 0.25) is 0 Å². The third-order valence-corrected chi connectivity index (χ3v) is 3.75. The highest BCUT2D eigenvalue weighted by Gasteiger charge is 2.10. The van der Waals surface area contributed by atoms with Crippen LogP contribution >= 0.6 is 0 Å². The molecular formula is C20H23NO6. The predicted molar refractivity (Wildman–Crippen MR) is 100.0 cm³/mol. The Labute approximate surface area is 158 Å². The molecule has 0 fully saturated rings. The summed E-state index contributed by atoms with van der Waals surface area (Å²) >= 11 is 0. The molecule has 0 saturated carbocycles. The zero-order valence-electron chi connectivity index (χ0n) is 15.5. The molecule has 0 unspecified atom stereocenters. The number of benzene rings is 2. The Morgan fingerprint density at radius 1 is 1.00 bits per heavy atom. The molecule has 0 bridgehead atoms. The largest absolute Gasteiger partial charge is 0.490 e. The van der Waals surface area contributed by atoms with Crippen LogP contribution in [0.2, 0.25) is 0 Å². The monoisotopic (exact) mass is 373 g/mol. The van der Waals surface area contributed by atoms with E-state index in [0.717, 1.165) is 5.56 Å². The predicted octanol–water partition coefficient (Wildman–Crippen LogP) is 4.07. The van der Waals surface area contributed by atoms with Crippen molar-refractivity contribution >= 4 is 11.7 Å². The van der Waals surface area contributed by atoms with E-state index in [9.17, 15) is 14.9 Å². The van der Waals surface area contributed by atoms with Crippen LogP contribution in [0.15, 0.2) is 42.5 Å². The number of nitro benzene ring substituents is 1. The maximum absolute atomic E-state index is 11.5. The molecule has 0 aliphatic heterocycles.